The Morgan fingerprint density at radius 1 is 1.18 bits per heavy atom. The second kappa shape index (κ2) is 5.25. The summed E-state index contributed by atoms with van der Waals surface area (Å²) in [6.45, 7) is 3.41. The van der Waals surface area contributed by atoms with Gasteiger partial charge in [-0.1, -0.05) is 28.1 Å². The summed E-state index contributed by atoms with van der Waals surface area (Å²) in [5.41, 5.74) is 2.74. The van der Waals surface area contributed by atoms with Crippen LogP contribution in [0.5, 0.6) is 0 Å². The number of fused-ring (bicyclic) bond motifs is 1. The lowest BCUT2D eigenvalue weighted by Crippen LogP contribution is -2.28. The number of carboxylic acid groups (broad SMARTS) is 1. The highest BCUT2D eigenvalue weighted by Gasteiger charge is 2.29. The molecule has 2 aromatic carbocycles. The molecule has 4 nitrogen and oxygen atoms in total. The van der Waals surface area contributed by atoms with Gasteiger partial charge in [-0.2, -0.15) is 0 Å². The van der Waals surface area contributed by atoms with Gasteiger partial charge in [-0.3, -0.25) is 9.36 Å². The third kappa shape index (κ3) is 2.41. The van der Waals surface area contributed by atoms with E-state index in [1.165, 1.54) is 0 Å². The lowest BCUT2D eigenvalue weighted by Gasteiger charge is -2.20. The number of halogens is 1. The van der Waals surface area contributed by atoms with Gasteiger partial charge in [-0.15, -0.1) is 0 Å². The zero-order valence-electron chi connectivity index (χ0n) is 12.2. The largest absolute Gasteiger partial charge is 0.481 e. The first-order valence-corrected chi connectivity index (χ1v) is 7.66. The van der Waals surface area contributed by atoms with E-state index in [0.717, 1.165) is 26.8 Å². The van der Waals surface area contributed by atoms with E-state index in [9.17, 15) is 9.90 Å². The van der Waals surface area contributed by atoms with Gasteiger partial charge in [0.15, 0.2) is 0 Å². The van der Waals surface area contributed by atoms with Crippen molar-refractivity contribution in [2.45, 2.75) is 19.3 Å². The molecule has 1 N–H and O–H groups in total. The van der Waals surface area contributed by atoms with Gasteiger partial charge in [0.25, 0.3) is 0 Å². The van der Waals surface area contributed by atoms with E-state index in [-0.39, 0.29) is 0 Å². The van der Waals surface area contributed by atoms with Crippen molar-refractivity contribution in [3.8, 4) is 5.69 Å². The molecule has 22 heavy (non-hydrogen) atoms. The molecule has 0 bridgehead atoms. The molecule has 0 aliphatic heterocycles. The molecular formula is C17H15BrN2O2. The molecule has 0 fully saturated rings. The number of imidazole rings is 1. The van der Waals surface area contributed by atoms with Gasteiger partial charge in [-0.25, -0.2) is 4.98 Å². The number of aliphatic carboxylic acids is 1. The molecule has 0 aliphatic carbocycles. The van der Waals surface area contributed by atoms with Crippen molar-refractivity contribution in [1.82, 2.24) is 9.55 Å². The van der Waals surface area contributed by atoms with Gasteiger partial charge in [-0.05, 0) is 49.7 Å². The van der Waals surface area contributed by atoms with Crippen LogP contribution in [0.4, 0.5) is 0 Å². The van der Waals surface area contributed by atoms with E-state index in [1.807, 2.05) is 47.0 Å². The van der Waals surface area contributed by atoms with Crippen LogP contribution in [0, 0.1) is 0 Å². The summed E-state index contributed by atoms with van der Waals surface area (Å²) in [6.07, 6.45) is 1.77. The monoisotopic (exact) mass is 358 g/mol. The fraction of sp³-hybridized carbons (Fsp3) is 0.176. The Morgan fingerprint density at radius 3 is 2.50 bits per heavy atom. The highest BCUT2D eigenvalue weighted by Crippen LogP contribution is 2.26. The lowest BCUT2D eigenvalue weighted by molar-refractivity contribution is -0.142. The topological polar surface area (TPSA) is 55.1 Å². The number of carbonyl (C=O) groups is 1. The van der Waals surface area contributed by atoms with E-state index in [4.69, 9.17) is 0 Å². The Labute approximate surface area is 136 Å². The van der Waals surface area contributed by atoms with Gasteiger partial charge in [0.2, 0.25) is 0 Å². The molecule has 0 spiro atoms. The zero-order chi connectivity index (χ0) is 15.9. The molecule has 1 aromatic heterocycles. The predicted octanol–water partition coefficient (Wildman–Crippen LogP) is 4.15. The van der Waals surface area contributed by atoms with Crippen molar-refractivity contribution in [1.29, 1.82) is 0 Å². The molecule has 0 saturated heterocycles. The third-order valence-electron chi connectivity index (χ3n) is 3.91. The summed E-state index contributed by atoms with van der Waals surface area (Å²) in [6, 6.07) is 13.5. The first kappa shape index (κ1) is 14.8. The minimum Gasteiger partial charge on any atom is -0.481 e. The smallest absolute Gasteiger partial charge is 0.313 e. The van der Waals surface area contributed by atoms with E-state index < -0.39 is 11.4 Å². The van der Waals surface area contributed by atoms with Crippen LogP contribution in [0.3, 0.4) is 0 Å². The number of nitrogens with zero attached hydrogens (tertiary/aromatic N) is 2. The number of carboxylic acids is 1. The molecule has 0 aliphatic rings. The molecule has 0 unspecified atom stereocenters. The third-order valence-corrected chi connectivity index (χ3v) is 4.40. The quantitative estimate of drug-likeness (QED) is 0.764. The van der Waals surface area contributed by atoms with Crippen molar-refractivity contribution in [2.24, 2.45) is 0 Å². The van der Waals surface area contributed by atoms with Crippen LogP contribution >= 0.6 is 15.9 Å². The number of hydrogen-bond acceptors (Lipinski definition) is 2. The summed E-state index contributed by atoms with van der Waals surface area (Å²) in [5, 5.41) is 9.30. The van der Waals surface area contributed by atoms with Crippen molar-refractivity contribution in [3.63, 3.8) is 0 Å². The Kier molecular flexibility index (Phi) is 3.53. The highest BCUT2D eigenvalue weighted by molar-refractivity contribution is 9.10. The van der Waals surface area contributed by atoms with Crippen LogP contribution in [-0.2, 0) is 10.2 Å². The lowest BCUT2D eigenvalue weighted by atomic mass is 9.85. The molecule has 0 saturated carbocycles. The molecule has 0 amide bonds. The first-order chi connectivity index (χ1) is 10.4. The summed E-state index contributed by atoms with van der Waals surface area (Å²) in [5.74, 6) is -0.835. The number of rotatable bonds is 3. The van der Waals surface area contributed by atoms with Crippen molar-refractivity contribution in [2.75, 3.05) is 0 Å². The van der Waals surface area contributed by atoms with Gasteiger partial charge in [0.1, 0.15) is 6.33 Å². The average molecular weight is 359 g/mol. The Morgan fingerprint density at radius 2 is 1.86 bits per heavy atom. The predicted molar refractivity (Wildman–Crippen MR) is 89.4 cm³/mol. The molecule has 3 rings (SSSR count). The van der Waals surface area contributed by atoms with Crippen molar-refractivity contribution in [3.05, 3.63) is 58.8 Å². The van der Waals surface area contributed by atoms with E-state index in [0.29, 0.717) is 0 Å². The van der Waals surface area contributed by atoms with Gasteiger partial charge >= 0.3 is 5.97 Å². The zero-order valence-corrected chi connectivity index (χ0v) is 13.8. The van der Waals surface area contributed by atoms with Gasteiger partial charge in [0.05, 0.1) is 16.4 Å². The Bertz CT molecular complexity index is 851. The summed E-state index contributed by atoms with van der Waals surface area (Å²) >= 11 is 3.44. The van der Waals surface area contributed by atoms with Crippen LogP contribution in [0.1, 0.15) is 19.4 Å². The maximum absolute atomic E-state index is 11.3. The minimum atomic E-state index is -0.902. The maximum Gasteiger partial charge on any atom is 0.313 e. The van der Waals surface area contributed by atoms with Crippen molar-refractivity contribution < 1.29 is 9.90 Å². The fourth-order valence-electron chi connectivity index (χ4n) is 2.35. The summed E-state index contributed by atoms with van der Waals surface area (Å²) < 4.78 is 2.98. The number of aromatic nitrogens is 2. The maximum atomic E-state index is 11.3. The second-order valence-electron chi connectivity index (χ2n) is 5.72. The molecule has 0 radical (unpaired) electrons. The fourth-order valence-corrected chi connectivity index (χ4v) is 2.70. The van der Waals surface area contributed by atoms with E-state index in [2.05, 4.69) is 20.9 Å². The van der Waals surface area contributed by atoms with E-state index in [1.54, 1.807) is 20.2 Å². The normalized spacial score (nSPS) is 11.8. The molecule has 1 heterocycles. The van der Waals surface area contributed by atoms with Crippen LogP contribution < -0.4 is 0 Å². The molecule has 112 valence electrons. The average Bonchev–Trinajstić information content (AvgIpc) is 2.90. The van der Waals surface area contributed by atoms with Crippen molar-refractivity contribution >= 4 is 32.9 Å². The first-order valence-electron chi connectivity index (χ1n) is 6.86. The van der Waals surface area contributed by atoms with E-state index >= 15 is 0 Å². The van der Waals surface area contributed by atoms with Crippen LogP contribution in [0.25, 0.3) is 16.7 Å². The molecule has 0 atom stereocenters. The molecule has 5 heteroatoms. The van der Waals surface area contributed by atoms with Crippen LogP contribution in [-0.4, -0.2) is 20.6 Å². The minimum absolute atomic E-state index is 0.774. The molecule has 3 aromatic rings. The summed E-state index contributed by atoms with van der Waals surface area (Å²) in [7, 11) is 0. The Hall–Kier alpha value is -2.14. The highest BCUT2D eigenvalue weighted by atomic mass is 79.9. The standard InChI is InChI=1S/C17H15BrN2O2/c1-17(2,16(21)22)11-3-6-13(7-4-11)20-10-19-14-9-12(18)5-8-15(14)20/h3-10H,1-2H3,(H,21,22). The second-order valence-corrected chi connectivity index (χ2v) is 6.64. The van der Waals surface area contributed by atoms with Gasteiger partial charge in [0, 0.05) is 10.2 Å². The summed E-state index contributed by atoms with van der Waals surface area (Å²) in [4.78, 5) is 15.7. The Balaban J connectivity index is 2.04. The molecular weight excluding hydrogens is 344 g/mol. The number of hydrogen-bond donors (Lipinski definition) is 1. The van der Waals surface area contributed by atoms with Crippen LogP contribution in [0.2, 0.25) is 0 Å². The van der Waals surface area contributed by atoms with Crippen LogP contribution in [0.15, 0.2) is 53.3 Å². The van der Waals surface area contributed by atoms with Gasteiger partial charge < -0.3 is 5.11 Å². The SMILES string of the molecule is CC(C)(C(=O)O)c1ccc(-n2cnc3cc(Br)ccc32)cc1. The number of benzene rings is 2.